The van der Waals surface area contributed by atoms with E-state index in [1.54, 1.807) is 30.3 Å². The van der Waals surface area contributed by atoms with Crippen molar-refractivity contribution in [1.82, 2.24) is 14.9 Å². The zero-order chi connectivity index (χ0) is 26.7. The van der Waals surface area contributed by atoms with Gasteiger partial charge in [-0.05, 0) is 35.2 Å². The average molecular weight is 513 g/mol. The maximum atomic E-state index is 13.4. The molecule has 0 saturated heterocycles. The molecule has 0 radical (unpaired) electrons. The highest BCUT2D eigenvalue weighted by Gasteiger charge is 2.40. The molecule has 1 aliphatic rings. The number of alkyl halides is 3. The van der Waals surface area contributed by atoms with Gasteiger partial charge in [-0.15, -0.1) is 0 Å². The van der Waals surface area contributed by atoms with E-state index in [4.69, 9.17) is 21.6 Å². The van der Waals surface area contributed by atoms with Crippen molar-refractivity contribution >= 4 is 40.4 Å². The number of fused-ring (bicyclic) bond motifs is 2. The van der Waals surface area contributed by atoms with Crippen molar-refractivity contribution in [3.05, 3.63) is 53.1 Å². The molecule has 1 aliphatic heterocycles. The standard InChI is InChI=1S/C25H27F3N8O/c1-32-22(25(26,27)28)18(11-29)15-7-6-14-8-9-36(12-16(14)10-15)13-20(30)33-23-17-4-3-5-19(37-2)21(17)34-24(31)35-23/h3-7,10-11,18,29H,8-9,12-13H2,1-2H3,(H4,30,31,33,34,35). The summed E-state index contributed by atoms with van der Waals surface area (Å²) < 4.78 is 45.7. The van der Waals surface area contributed by atoms with Gasteiger partial charge >= 0.3 is 6.18 Å². The zero-order valence-electron chi connectivity index (χ0n) is 20.4. The number of nitrogens with zero attached hydrogens (tertiary/aromatic N) is 5. The molecule has 0 amide bonds. The SMILES string of the molecule is CN=C(C(C=N)c1ccc2c(c1)CN(CC(N)=Nc1nc(N)nc3c(OC)cccc13)CC2)C(F)(F)F. The normalized spacial score (nSPS) is 15.9. The molecule has 194 valence electrons. The maximum Gasteiger partial charge on any atom is 0.430 e. The lowest BCUT2D eigenvalue weighted by molar-refractivity contribution is -0.0605. The molecule has 5 N–H and O–H groups in total. The highest BCUT2D eigenvalue weighted by molar-refractivity contribution is 6.06. The van der Waals surface area contributed by atoms with Crippen LogP contribution < -0.4 is 16.2 Å². The molecule has 4 rings (SSSR count). The Labute approximate surface area is 211 Å². The highest BCUT2D eigenvalue weighted by atomic mass is 19.4. The van der Waals surface area contributed by atoms with E-state index in [9.17, 15) is 13.2 Å². The molecule has 1 atom stereocenters. The minimum absolute atomic E-state index is 0.0394. The number of anilines is 1. The van der Waals surface area contributed by atoms with Gasteiger partial charge in [-0.3, -0.25) is 9.89 Å². The predicted molar refractivity (Wildman–Crippen MR) is 138 cm³/mol. The summed E-state index contributed by atoms with van der Waals surface area (Å²) in [6.07, 6.45) is -3.15. The van der Waals surface area contributed by atoms with Crippen LogP contribution in [0.25, 0.3) is 10.9 Å². The van der Waals surface area contributed by atoms with Gasteiger partial charge in [0, 0.05) is 31.7 Å². The van der Waals surface area contributed by atoms with Crippen LogP contribution in [0, 0.1) is 5.41 Å². The van der Waals surface area contributed by atoms with Gasteiger partial charge in [-0.1, -0.05) is 24.3 Å². The number of ether oxygens (including phenoxy) is 1. The summed E-state index contributed by atoms with van der Waals surface area (Å²) in [4.78, 5) is 18.4. The van der Waals surface area contributed by atoms with Gasteiger partial charge in [0.1, 0.15) is 22.8 Å². The number of nitrogen functional groups attached to an aromatic ring is 1. The fourth-order valence-electron chi connectivity index (χ4n) is 4.52. The highest BCUT2D eigenvalue weighted by Crippen LogP contribution is 2.32. The van der Waals surface area contributed by atoms with Crippen molar-refractivity contribution in [2.24, 2.45) is 15.7 Å². The fraction of sp³-hybridized carbons (Fsp3) is 0.320. The van der Waals surface area contributed by atoms with Crippen molar-refractivity contribution in [3.63, 3.8) is 0 Å². The van der Waals surface area contributed by atoms with Crippen molar-refractivity contribution in [2.75, 3.05) is 33.0 Å². The summed E-state index contributed by atoms with van der Waals surface area (Å²) in [7, 11) is 2.62. The summed E-state index contributed by atoms with van der Waals surface area (Å²) in [5.41, 5.74) is 14.0. The molecule has 37 heavy (non-hydrogen) atoms. The van der Waals surface area contributed by atoms with Gasteiger partial charge in [0.25, 0.3) is 0 Å². The molecule has 0 saturated carbocycles. The number of rotatable bonds is 7. The summed E-state index contributed by atoms with van der Waals surface area (Å²) in [5.74, 6) is -0.0684. The van der Waals surface area contributed by atoms with Crippen molar-refractivity contribution in [1.29, 1.82) is 5.41 Å². The van der Waals surface area contributed by atoms with Gasteiger partial charge in [0.2, 0.25) is 5.95 Å². The lowest BCUT2D eigenvalue weighted by Crippen LogP contribution is -2.37. The van der Waals surface area contributed by atoms with E-state index >= 15 is 0 Å². The number of hydrogen-bond donors (Lipinski definition) is 3. The predicted octanol–water partition coefficient (Wildman–Crippen LogP) is 3.63. The smallest absolute Gasteiger partial charge is 0.430 e. The van der Waals surface area contributed by atoms with Gasteiger partial charge < -0.3 is 21.6 Å². The Morgan fingerprint density at radius 2 is 2.03 bits per heavy atom. The first-order valence-corrected chi connectivity index (χ1v) is 11.5. The van der Waals surface area contributed by atoms with E-state index in [1.165, 1.54) is 7.11 Å². The number of nitrogens with two attached hydrogens (primary N) is 2. The lowest BCUT2D eigenvalue weighted by Gasteiger charge is -2.29. The topological polar surface area (TPSA) is 139 Å². The number of aliphatic imine (C=N–C) groups is 2. The van der Waals surface area contributed by atoms with Gasteiger partial charge in [-0.2, -0.15) is 18.2 Å². The first-order valence-electron chi connectivity index (χ1n) is 11.5. The summed E-state index contributed by atoms with van der Waals surface area (Å²) in [6, 6.07) is 10.5. The minimum atomic E-state index is -4.62. The molecular formula is C25H27F3N8O. The Morgan fingerprint density at radius 3 is 2.70 bits per heavy atom. The number of amidine groups is 1. The molecule has 1 unspecified atom stereocenters. The van der Waals surface area contributed by atoms with Crippen LogP contribution in [-0.4, -0.2) is 66.1 Å². The second-order valence-corrected chi connectivity index (χ2v) is 8.60. The summed E-state index contributed by atoms with van der Waals surface area (Å²) in [5, 5.41) is 8.25. The lowest BCUT2D eigenvalue weighted by atomic mass is 9.89. The zero-order valence-corrected chi connectivity index (χ0v) is 20.4. The van der Waals surface area contributed by atoms with Crippen LogP contribution in [-0.2, 0) is 13.0 Å². The van der Waals surface area contributed by atoms with E-state index in [-0.39, 0.29) is 5.95 Å². The van der Waals surface area contributed by atoms with E-state index < -0.39 is 17.8 Å². The number of para-hydroxylation sites is 1. The third-order valence-corrected chi connectivity index (χ3v) is 6.22. The second kappa shape index (κ2) is 10.5. The van der Waals surface area contributed by atoms with Gasteiger partial charge in [0.05, 0.1) is 19.6 Å². The quantitative estimate of drug-likeness (QED) is 0.326. The average Bonchev–Trinajstić information content (AvgIpc) is 2.85. The van der Waals surface area contributed by atoms with Crippen LogP contribution in [0.5, 0.6) is 5.75 Å². The molecule has 9 nitrogen and oxygen atoms in total. The van der Waals surface area contributed by atoms with Crippen LogP contribution in [0.4, 0.5) is 24.9 Å². The van der Waals surface area contributed by atoms with Crippen molar-refractivity contribution < 1.29 is 17.9 Å². The number of halogens is 3. The maximum absolute atomic E-state index is 13.4. The third kappa shape index (κ3) is 5.53. The Bertz CT molecular complexity index is 1390. The van der Waals surface area contributed by atoms with Gasteiger partial charge in [0.15, 0.2) is 5.82 Å². The number of methoxy groups -OCH3 is 1. The molecule has 1 aromatic heterocycles. The van der Waals surface area contributed by atoms with Crippen LogP contribution in [0.3, 0.4) is 0 Å². The number of benzene rings is 2. The molecule has 0 spiro atoms. The first kappa shape index (κ1) is 26.0. The van der Waals surface area contributed by atoms with E-state index in [0.717, 1.165) is 24.4 Å². The second-order valence-electron chi connectivity index (χ2n) is 8.60. The Morgan fingerprint density at radius 1 is 1.24 bits per heavy atom. The Hall–Kier alpha value is -4.06. The van der Waals surface area contributed by atoms with E-state index in [2.05, 4.69) is 24.9 Å². The molecule has 2 aromatic carbocycles. The largest absolute Gasteiger partial charge is 0.494 e. The third-order valence-electron chi connectivity index (χ3n) is 6.22. The Balaban J connectivity index is 1.57. The molecule has 12 heteroatoms. The molecule has 0 fully saturated rings. The van der Waals surface area contributed by atoms with Crippen molar-refractivity contribution in [3.8, 4) is 5.75 Å². The minimum Gasteiger partial charge on any atom is -0.494 e. The molecular weight excluding hydrogens is 485 g/mol. The summed E-state index contributed by atoms with van der Waals surface area (Å²) in [6.45, 7) is 1.48. The fourth-order valence-corrected chi connectivity index (χ4v) is 4.52. The Kier molecular flexibility index (Phi) is 7.39. The molecule has 2 heterocycles. The molecule has 3 aromatic rings. The van der Waals surface area contributed by atoms with E-state index in [1.807, 2.05) is 6.07 Å². The number of nitrogens with one attached hydrogen (secondary N) is 1. The molecule has 0 bridgehead atoms. The first-order chi connectivity index (χ1) is 17.6. The monoisotopic (exact) mass is 512 g/mol. The van der Waals surface area contributed by atoms with Crippen LogP contribution >= 0.6 is 0 Å². The summed E-state index contributed by atoms with van der Waals surface area (Å²) >= 11 is 0. The number of aromatic nitrogens is 2. The van der Waals surface area contributed by atoms with Crippen LogP contribution in [0.2, 0.25) is 0 Å². The van der Waals surface area contributed by atoms with Crippen molar-refractivity contribution in [2.45, 2.75) is 25.1 Å². The van der Waals surface area contributed by atoms with Crippen LogP contribution in [0.1, 0.15) is 22.6 Å². The van der Waals surface area contributed by atoms with E-state index in [0.29, 0.717) is 59.9 Å². The van der Waals surface area contributed by atoms with Gasteiger partial charge in [-0.25, -0.2) is 9.98 Å². The molecule has 0 aliphatic carbocycles. The van der Waals surface area contributed by atoms with Crippen LogP contribution in [0.15, 0.2) is 46.4 Å². The number of hydrogen-bond acceptors (Lipinski definition) is 8.